The van der Waals surface area contributed by atoms with Crippen LogP contribution in [0.15, 0.2) is 0 Å². The quantitative estimate of drug-likeness (QED) is 0.691. The first-order valence-corrected chi connectivity index (χ1v) is 5.48. The van der Waals surface area contributed by atoms with Crippen LogP contribution in [0.1, 0.15) is 20.3 Å². The number of rotatable bonds is 6. The average Bonchev–Trinajstić information content (AvgIpc) is 2.08. The first-order chi connectivity index (χ1) is 6.52. The van der Waals surface area contributed by atoms with E-state index < -0.39 is 0 Å². The minimum absolute atomic E-state index is 0.395. The summed E-state index contributed by atoms with van der Waals surface area (Å²) in [6.45, 7) is 8.61. The Morgan fingerprint density at radius 2 is 2.07 bits per heavy atom. The summed E-state index contributed by atoms with van der Waals surface area (Å²) in [5, 5.41) is 3.57. The predicted molar refractivity (Wildman–Crippen MR) is 59.6 cm³/mol. The molecule has 84 valence electrons. The molecule has 1 aliphatic rings. The molecular formula is C11H24N2O. The van der Waals surface area contributed by atoms with Crippen LogP contribution in [0.5, 0.6) is 0 Å². The summed E-state index contributed by atoms with van der Waals surface area (Å²) in [5.74, 6) is 0. The zero-order valence-corrected chi connectivity index (χ0v) is 9.97. The first kappa shape index (κ1) is 12.0. The van der Waals surface area contributed by atoms with E-state index in [1.54, 1.807) is 0 Å². The van der Waals surface area contributed by atoms with Crippen LogP contribution >= 0.6 is 0 Å². The van der Waals surface area contributed by atoms with Gasteiger partial charge in [0.15, 0.2) is 0 Å². The molecule has 1 heterocycles. The lowest BCUT2D eigenvalue weighted by atomic mass is 9.88. The molecule has 0 bridgehead atoms. The van der Waals surface area contributed by atoms with Gasteiger partial charge in [0.25, 0.3) is 0 Å². The highest BCUT2D eigenvalue weighted by Gasteiger charge is 2.33. The van der Waals surface area contributed by atoms with E-state index in [9.17, 15) is 0 Å². The molecule has 0 saturated carbocycles. The number of hydrogen-bond acceptors (Lipinski definition) is 3. The summed E-state index contributed by atoms with van der Waals surface area (Å²) < 4.78 is 5.22. The van der Waals surface area contributed by atoms with Gasteiger partial charge >= 0.3 is 0 Å². The summed E-state index contributed by atoms with van der Waals surface area (Å²) in [6, 6.07) is 0.606. The minimum atomic E-state index is 0.395. The molecule has 1 atom stereocenters. The Bertz CT molecular complexity index is 167. The molecule has 1 saturated heterocycles. The van der Waals surface area contributed by atoms with Gasteiger partial charge in [0.05, 0.1) is 13.2 Å². The van der Waals surface area contributed by atoms with Crippen molar-refractivity contribution < 1.29 is 4.74 Å². The van der Waals surface area contributed by atoms with Gasteiger partial charge in [-0.25, -0.2) is 0 Å². The van der Waals surface area contributed by atoms with Crippen molar-refractivity contribution in [2.24, 2.45) is 5.41 Å². The van der Waals surface area contributed by atoms with E-state index in [1.807, 2.05) is 0 Å². The Labute approximate surface area is 87.8 Å². The van der Waals surface area contributed by atoms with E-state index in [2.05, 4.69) is 38.2 Å². The van der Waals surface area contributed by atoms with Gasteiger partial charge in [-0.05, 0) is 34.0 Å². The number of hydrogen-bond donors (Lipinski definition) is 1. The van der Waals surface area contributed by atoms with Gasteiger partial charge in [0, 0.05) is 18.0 Å². The highest BCUT2D eigenvalue weighted by Crippen LogP contribution is 2.25. The average molecular weight is 200 g/mol. The smallest absolute Gasteiger partial charge is 0.0554 e. The number of ether oxygens (including phenoxy) is 1. The predicted octanol–water partition coefficient (Wildman–Crippen LogP) is 0.953. The van der Waals surface area contributed by atoms with Crippen LogP contribution in [-0.4, -0.2) is 51.3 Å². The Hall–Kier alpha value is -0.120. The summed E-state index contributed by atoms with van der Waals surface area (Å²) in [4.78, 5) is 2.23. The third-order valence-electron chi connectivity index (χ3n) is 2.79. The number of nitrogens with zero attached hydrogens (tertiary/aromatic N) is 1. The van der Waals surface area contributed by atoms with Gasteiger partial charge in [-0.15, -0.1) is 0 Å². The third-order valence-corrected chi connectivity index (χ3v) is 2.79. The van der Waals surface area contributed by atoms with Crippen molar-refractivity contribution in [3.8, 4) is 0 Å². The summed E-state index contributed by atoms with van der Waals surface area (Å²) in [7, 11) is 4.24. The second kappa shape index (κ2) is 5.10. The normalized spacial score (nSPS) is 22.1. The molecule has 1 N–H and O–H groups in total. The molecule has 1 rings (SSSR count). The molecule has 0 radical (unpaired) electrons. The lowest BCUT2D eigenvalue weighted by Gasteiger charge is -2.39. The van der Waals surface area contributed by atoms with Gasteiger partial charge in [-0.2, -0.15) is 0 Å². The van der Waals surface area contributed by atoms with Crippen molar-refractivity contribution in [1.29, 1.82) is 0 Å². The number of nitrogens with one attached hydrogen (secondary N) is 1. The molecular weight excluding hydrogens is 176 g/mol. The lowest BCUT2D eigenvalue weighted by Crippen LogP contribution is -2.49. The van der Waals surface area contributed by atoms with E-state index in [4.69, 9.17) is 4.74 Å². The molecule has 1 unspecified atom stereocenters. The molecule has 3 nitrogen and oxygen atoms in total. The maximum atomic E-state index is 5.22. The Kier molecular flexibility index (Phi) is 4.35. The van der Waals surface area contributed by atoms with Crippen LogP contribution < -0.4 is 5.32 Å². The van der Waals surface area contributed by atoms with E-state index in [0.29, 0.717) is 11.5 Å². The van der Waals surface area contributed by atoms with E-state index >= 15 is 0 Å². The van der Waals surface area contributed by atoms with Crippen molar-refractivity contribution in [3.63, 3.8) is 0 Å². The Balaban J connectivity index is 2.05. The third kappa shape index (κ3) is 3.95. The van der Waals surface area contributed by atoms with Crippen molar-refractivity contribution in [2.45, 2.75) is 26.3 Å². The lowest BCUT2D eigenvalue weighted by molar-refractivity contribution is -0.0999. The highest BCUT2D eigenvalue weighted by atomic mass is 16.5. The Morgan fingerprint density at radius 3 is 2.50 bits per heavy atom. The molecule has 1 fully saturated rings. The minimum Gasteiger partial charge on any atom is -0.380 e. The molecule has 14 heavy (non-hydrogen) atoms. The molecule has 3 heteroatoms. The maximum absolute atomic E-state index is 5.22. The Morgan fingerprint density at radius 1 is 1.43 bits per heavy atom. The highest BCUT2D eigenvalue weighted by molar-refractivity contribution is 4.83. The second-order valence-corrected chi connectivity index (χ2v) is 5.18. The first-order valence-electron chi connectivity index (χ1n) is 5.48. The van der Waals surface area contributed by atoms with Crippen molar-refractivity contribution in [1.82, 2.24) is 10.2 Å². The van der Waals surface area contributed by atoms with Crippen LogP contribution in [0, 0.1) is 5.41 Å². The standard InChI is InChI=1S/C11H24N2O/c1-10(5-6-13(3)4)12-7-11(2)8-14-9-11/h10,12H,5-9H2,1-4H3. The summed E-state index contributed by atoms with van der Waals surface area (Å²) >= 11 is 0. The molecule has 0 spiro atoms. The fraction of sp³-hybridized carbons (Fsp3) is 1.00. The van der Waals surface area contributed by atoms with Crippen LogP contribution in [-0.2, 0) is 4.74 Å². The van der Waals surface area contributed by atoms with Gasteiger partial charge in [0.2, 0.25) is 0 Å². The fourth-order valence-corrected chi connectivity index (χ4v) is 1.53. The molecule has 1 aliphatic heterocycles. The van der Waals surface area contributed by atoms with Gasteiger partial charge < -0.3 is 15.0 Å². The van der Waals surface area contributed by atoms with Crippen molar-refractivity contribution in [2.75, 3.05) is 40.4 Å². The molecule has 0 aliphatic carbocycles. The zero-order chi connectivity index (χ0) is 10.6. The van der Waals surface area contributed by atoms with Crippen LogP contribution in [0.2, 0.25) is 0 Å². The zero-order valence-electron chi connectivity index (χ0n) is 9.97. The van der Waals surface area contributed by atoms with Crippen LogP contribution in [0.25, 0.3) is 0 Å². The van der Waals surface area contributed by atoms with Crippen LogP contribution in [0.4, 0.5) is 0 Å². The van der Waals surface area contributed by atoms with Gasteiger partial charge in [-0.3, -0.25) is 0 Å². The molecule has 0 aromatic rings. The maximum Gasteiger partial charge on any atom is 0.0554 e. The molecule has 0 aromatic carbocycles. The molecule has 0 amide bonds. The SMILES string of the molecule is CC(CCN(C)C)NCC1(C)COC1. The van der Waals surface area contributed by atoms with Crippen molar-refractivity contribution in [3.05, 3.63) is 0 Å². The fourth-order valence-electron chi connectivity index (χ4n) is 1.53. The van der Waals surface area contributed by atoms with Gasteiger partial charge in [-0.1, -0.05) is 6.92 Å². The second-order valence-electron chi connectivity index (χ2n) is 5.18. The summed E-state index contributed by atoms with van der Waals surface area (Å²) in [5.41, 5.74) is 0.395. The largest absolute Gasteiger partial charge is 0.380 e. The van der Waals surface area contributed by atoms with Crippen LogP contribution in [0.3, 0.4) is 0 Å². The van der Waals surface area contributed by atoms with Crippen molar-refractivity contribution >= 4 is 0 Å². The topological polar surface area (TPSA) is 24.5 Å². The van der Waals surface area contributed by atoms with Gasteiger partial charge in [0.1, 0.15) is 0 Å². The monoisotopic (exact) mass is 200 g/mol. The molecule has 0 aromatic heterocycles. The van der Waals surface area contributed by atoms with E-state index in [-0.39, 0.29) is 0 Å². The van der Waals surface area contributed by atoms with E-state index in [0.717, 1.165) is 26.3 Å². The summed E-state index contributed by atoms with van der Waals surface area (Å²) in [6.07, 6.45) is 1.21. The van der Waals surface area contributed by atoms with E-state index in [1.165, 1.54) is 6.42 Å².